The van der Waals surface area contributed by atoms with Gasteiger partial charge in [-0.3, -0.25) is 4.79 Å². The highest BCUT2D eigenvalue weighted by Crippen LogP contribution is 2.36. The summed E-state index contributed by atoms with van der Waals surface area (Å²) in [5.41, 5.74) is 1.93. The van der Waals surface area contributed by atoms with Gasteiger partial charge in [-0.2, -0.15) is 0 Å². The first-order valence-electron chi connectivity index (χ1n) is 6.92. The van der Waals surface area contributed by atoms with Crippen LogP contribution in [-0.4, -0.2) is 25.1 Å². The van der Waals surface area contributed by atoms with Crippen LogP contribution >= 0.6 is 11.6 Å². The number of carbonyl (C=O) groups excluding carboxylic acids is 1. The predicted molar refractivity (Wildman–Crippen MR) is 90.8 cm³/mol. The fourth-order valence-electron chi connectivity index (χ4n) is 2.34. The summed E-state index contributed by atoms with van der Waals surface area (Å²) < 4.78 is 10.4. The van der Waals surface area contributed by atoms with Gasteiger partial charge in [0.05, 0.1) is 24.9 Å². The summed E-state index contributed by atoms with van der Waals surface area (Å²) in [6.07, 6.45) is 1.83. The van der Waals surface area contributed by atoms with Crippen LogP contribution in [0.2, 0.25) is 5.02 Å². The number of carbonyl (C=O) groups is 1. The third kappa shape index (κ3) is 2.96. The van der Waals surface area contributed by atoms with Crippen molar-refractivity contribution in [2.24, 2.45) is 0 Å². The Hall–Kier alpha value is -2.66. The molecule has 0 radical (unpaired) electrons. The lowest BCUT2D eigenvalue weighted by Crippen LogP contribution is -2.12. The Bertz CT molecular complexity index is 873. The zero-order valence-corrected chi connectivity index (χ0v) is 13.4. The van der Waals surface area contributed by atoms with E-state index in [2.05, 4.69) is 10.3 Å². The number of hydrogen-bond donors (Lipinski definition) is 2. The number of anilines is 1. The van der Waals surface area contributed by atoms with Crippen LogP contribution in [0.3, 0.4) is 0 Å². The average Bonchev–Trinajstić information content (AvgIpc) is 3.03. The van der Waals surface area contributed by atoms with E-state index in [0.29, 0.717) is 27.8 Å². The summed E-state index contributed by atoms with van der Waals surface area (Å²) >= 11 is 6.06. The summed E-state index contributed by atoms with van der Waals surface area (Å²) in [6.45, 7) is 0. The standard InChI is InChI=1S/C17H15ClN2O3/c1-22-15-9-14(16(23-2)8-12(15)18)20-17(21)11-4-3-10-5-6-19-13(10)7-11/h3-9,19H,1-2H3,(H,20,21). The first kappa shape index (κ1) is 15.2. The molecular weight excluding hydrogens is 316 g/mol. The summed E-state index contributed by atoms with van der Waals surface area (Å²) in [4.78, 5) is 15.6. The van der Waals surface area contributed by atoms with E-state index >= 15 is 0 Å². The summed E-state index contributed by atoms with van der Waals surface area (Å²) in [6, 6.07) is 10.6. The van der Waals surface area contributed by atoms with Gasteiger partial charge in [-0.1, -0.05) is 17.7 Å². The zero-order chi connectivity index (χ0) is 16.4. The summed E-state index contributed by atoms with van der Waals surface area (Å²) in [5.74, 6) is 0.678. The Morgan fingerprint density at radius 1 is 1.09 bits per heavy atom. The molecule has 0 fully saturated rings. The minimum absolute atomic E-state index is 0.246. The van der Waals surface area contributed by atoms with Gasteiger partial charge in [-0.05, 0) is 23.6 Å². The van der Waals surface area contributed by atoms with E-state index in [-0.39, 0.29) is 5.91 Å². The van der Waals surface area contributed by atoms with Gasteiger partial charge in [0.2, 0.25) is 0 Å². The quantitative estimate of drug-likeness (QED) is 0.757. The summed E-state index contributed by atoms with van der Waals surface area (Å²) in [7, 11) is 3.03. The molecule has 0 saturated carbocycles. The van der Waals surface area contributed by atoms with Gasteiger partial charge in [0.15, 0.2) is 0 Å². The van der Waals surface area contributed by atoms with Gasteiger partial charge in [-0.15, -0.1) is 0 Å². The number of hydrogen-bond acceptors (Lipinski definition) is 3. The average molecular weight is 331 g/mol. The van der Waals surface area contributed by atoms with E-state index < -0.39 is 0 Å². The lowest BCUT2D eigenvalue weighted by Gasteiger charge is -2.13. The van der Waals surface area contributed by atoms with Crippen molar-refractivity contribution in [1.29, 1.82) is 0 Å². The number of ether oxygens (including phenoxy) is 2. The fourth-order valence-corrected chi connectivity index (χ4v) is 2.57. The van der Waals surface area contributed by atoms with Crippen LogP contribution in [0.1, 0.15) is 10.4 Å². The first-order valence-corrected chi connectivity index (χ1v) is 7.30. The van der Waals surface area contributed by atoms with E-state index in [1.807, 2.05) is 18.3 Å². The van der Waals surface area contributed by atoms with Gasteiger partial charge in [0.25, 0.3) is 5.91 Å². The molecule has 5 nitrogen and oxygen atoms in total. The molecule has 6 heteroatoms. The minimum atomic E-state index is -0.246. The number of methoxy groups -OCH3 is 2. The lowest BCUT2D eigenvalue weighted by atomic mass is 10.1. The van der Waals surface area contributed by atoms with E-state index in [4.69, 9.17) is 21.1 Å². The van der Waals surface area contributed by atoms with Crippen molar-refractivity contribution in [3.8, 4) is 11.5 Å². The molecule has 0 saturated heterocycles. The van der Waals surface area contributed by atoms with Crippen LogP contribution in [0.5, 0.6) is 11.5 Å². The van der Waals surface area contributed by atoms with Crippen LogP contribution in [0.25, 0.3) is 10.9 Å². The van der Waals surface area contributed by atoms with Crippen molar-refractivity contribution in [1.82, 2.24) is 4.98 Å². The topological polar surface area (TPSA) is 63.3 Å². The van der Waals surface area contributed by atoms with Gasteiger partial charge in [0.1, 0.15) is 11.5 Å². The molecule has 0 spiro atoms. The molecule has 0 aliphatic heterocycles. The maximum Gasteiger partial charge on any atom is 0.255 e. The molecule has 1 heterocycles. The number of H-pyrrole nitrogens is 1. The smallest absolute Gasteiger partial charge is 0.255 e. The first-order chi connectivity index (χ1) is 11.1. The predicted octanol–water partition coefficient (Wildman–Crippen LogP) is 4.09. The largest absolute Gasteiger partial charge is 0.495 e. The Morgan fingerprint density at radius 2 is 1.87 bits per heavy atom. The SMILES string of the molecule is COc1cc(NC(=O)c2ccc3cc[nH]c3c2)c(OC)cc1Cl. The highest BCUT2D eigenvalue weighted by molar-refractivity contribution is 6.32. The number of aromatic amines is 1. The molecule has 3 aromatic rings. The van der Waals surface area contributed by atoms with Crippen molar-refractivity contribution in [2.45, 2.75) is 0 Å². The van der Waals surface area contributed by atoms with Crippen molar-refractivity contribution >= 4 is 34.1 Å². The van der Waals surface area contributed by atoms with E-state index in [9.17, 15) is 4.79 Å². The van der Waals surface area contributed by atoms with Crippen LogP contribution in [-0.2, 0) is 0 Å². The van der Waals surface area contributed by atoms with Crippen molar-refractivity contribution in [3.63, 3.8) is 0 Å². The molecule has 0 bridgehead atoms. The molecule has 0 aliphatic carbocycles. The molecule has 0 unspecified atom stereocenters. The molecule has 0 atom stereocenters. The normalized spacial score (nSPS) is 10.6. The Balaban J connectivity index is 1.92. The minimum Gasteiger partial charge on any atom is -0.495 e. The number of aromatic nitrogens is 1. The second-order valence-corrected chi connectivity index (χ2v) is 5.33. The van der Waals surface area contributed by atoms with Crippen LogP contribution in [0, 0.1) is 0 Å². The molecule has 118 valence electrons. The van der Waals surface area contributed by atoms with Crippen molar-refractivity contribution < 1.29 is 14.3 Å². The third-order valence-electron chi connectivity index (χ3n) is 3.54. The number of benzene rings is 2. The monoisotopic (exact) mass is 330 g/mol. The highest BCUT2D eigenvalue weighted by atomic mass is 35.5. The fraction of sp³-hybridized carbons (Fsp3) is 0.118. The van der Waals surface area contributed by atoms with E-state index in [1.54, 1.807) is 24.3 Å². The Kier molecular flexibility index (Phi) is 4.12. The molecule has 1 aromatic heterocycles. The van der Waals surface area contributed by atoms with Crippen molar-refractivity contribution in [3.05, 3.63) is 53.2 Å². The molecule has 1 amide bonds. The molecular formula is C17H15ClN2O3. The molecule has 2 N–H and O–H groups in total. The number of nitrogens with one attached hydrogen (secondary N) is 2. The number of amides is 1. The van der Waals surface area contributed by atoms with E-state index in [1.165, 1.54) is 14.2 Å². The Morgan fingerprint density at radius 3 is 2.61 bits per heavy atom. The second-order valence-electron chi connectivity index (χ2n) is 4.92. The van der Waals surface area contributed by atoms with E-state index in [0.717, 1.165) is 10.9 Å². The molecule has 0 aliphatic rings. The van der Waals surface area contributed by atoms with Gasteiger partial charge < -0.3 is 19.8 Å². The zero-order valence-electron chi connectivity index (χ0n) is 12.6. The molecule has 2 aromatic carbocycles. The van der Waals surface area contributed by atoms with Gasteiger partial charge in [0, 0.05) is 29.4 Å². The van der Waals surface area contributed by atoms with Crippen LogP contribution in [0.4, 0.5) is 5.69 Å². The second kappa shape index (κ2) is 6.22. The molecule has 23 heavy (non-hydrogen) atoms. The lowest BCUT2D eigenvalue weighted by molar-refractivity contribution is 0.102. The van der Waals surface area contributed by atoms with Crippen LogP contribution in [0.15, 0.2) is 42.6 Å². The summed E-state index contributed by atoms with van der Waals surface area (Å²) in [5, 5.41) is 4.28. The third-order valence-corrected chi connectivity index (χ3v) is 3.83. The van der Waals surface area contributed by atoms with Gasteiger partial charge in [-0.25, -0.2) is 0 Å². The van der Waals surface area contributed by atoms with Crippen LogP contribution < -0.4 is 14.8 Å². The maximum atomic E-state index is 12.5. The highest BCUT2D eigenvalue weighted by Gasteiger charge is 2.14. The molecule has 3 rings (SSSR count). The van der Waals surface area contributed by atoms with Crippen molar-refractivity contribution in [2.75, 3.05) is 19.5 Å². The maximum absolute atomic E-state index is 12.5. The number of rotatable bonds is 4. The number of fused-ring (bicyclic) bond motifs is 1. The van der Waals surface area contributed by atoms with Gasteiger partial charge >= 0.3 is 0 Å². The number of halogens is 1. The Labute approximate surface area is 138 Å².